The third kappa shape index (κ3) is 5.05. The molecule has 2 bridgehead atoms. The normalized spacial score (nSPS) is 28.7. The topological polar surface area (TPSA) is 15.3 Å². The van der Waals surface area contributed by atoms with E-state index in [9.17, 15) is 0 Å². The molecule has 4 rings (SSSR count). The largest absolute Gasteiger partial charge is 0.320 e. The van der Waals surface area contributed by atoms with Crippen molar-refractivity contribution >= 4 is 0 Å². The van der Waals surface area contributed by atoms with Crippen molar-refractivity contribution in [1.82, 2.24) is 10.2 Å². The van der Waals surface area contributed by atoms with E-state index in [4.69, 9.17) is 0 Å². The molecule has 0 aliphatic carbocycles. The highest BCUT2D eigenvalue weighted by Crippen LogP contribution is 2.24. The lowest BCUT2D eigenvalue weighted by molar-refractivity contribution is -0.943. The highest BCUT2D eigenvalue weighted by molar-refractivity contribution is 5.14. The number of fused-ring (bicyclic) bond motifs is 3. The van der Waals surface area contributed by atoms with Gasteiger partial charge in [0.15, 0.2) is 0 Å². The van der Waals surface area contributed by atoms with Crippen LogP contribution in [0.4, 0.5) is 0 Å². The van der Waals surface area contributed by atoms with Crippen LogP contribution in [-0.4, -0.2) is 68.3 Å². The van der Waals surface area contributed by atoms with Crippen LogP contribution in [0.15, 0.2) is 30.3 Å². The Morgan fingerprint density at radius 2 is 1.67 bits per heavy atom. The molecule has 3 nitrogen and oxygen atoms in total. The Morgan fingerprint density at radius 3 is 2.33 bits per heavy atom. The number of hydrogen-bond acceptors (Lipinski definition) is 2. The molecule has 0 amide bonds. The summed E-state index contributed by atoms with van der Waals surface area (Å²) < 4.78 is 1.41. The van der Waals surface area contributed by atoms with Crippen molar-refractivity contribution in [3.63, 3.8) is 0 Å². The summed E-state index contributed by atoms with van der Waals surface area (Å²) in [6, 6.07) is 10.8. The van der Waals surface area contributed by atoms with Crippen LogP contribution >= 0.6 is 0 Å². The summed E-state index contributed by atoms with van der Waals surface area (Å²) in [6.45, 7) is 16.8. The fourth-order valence-corrected chi connectivity index (χ4v) is 4.74. The van der Waals surface area contributed by atoms with Gasteiger partial charge >= 0.3 is 0 Å². The molecule has 1 aromatic carbocycles. The summed E-state index contributed by atoms with van der Waals surface area (Å²) in [7, 11) is 0. The van der Waals surface area contributed by atoms with Gasteiger partial charge in [-0.2, -0.15) is 0 Å². The van der Waals surface area contributed by atoms with Gasteiger partial charge in [-0.15, -0.1) is 0 Å². The van der Waals surface area contributed by atoms with E-state index in [2.05, 4.69) is 54.4 Å². The van der Waals surface area contributed by atoms with Gasteiger partial charge in [0.2, 0.25) is 0 Å². The molecule has 0 saturated carbocycles. The van der Waals surface area contributed by atoms with Crippen LogP contribution in [0.1, 0.15) is 25.8 Å². The Kier molecular flexibility index (Phi) is 6.31. The molecule has 3 heterocycles. The molecule has 1 N–H and O–H groups in total. The molecular weight excluding hydrogens is 294 g/mol. The number of quaternary nitrogens is 1. The van der Waals surface area contributed by atoms with E-state index < -0.39 is 0 Å². The molecule has 1 aromatic rings. The van der Waals surface area contributed by atoms with Gasteiger partial charge in [-0.1, -0.05) is 44.2 Å². The van der Waals surface area contributed by atoms with E-state index in [1.54, 1.807) is 0 Å². The first-order valence-electron chi connectivity index (χ1n) is 9.97. The average Bonchev–Trinajstić information content (AvgIpc) is 2.60. The van der Waals surface area contributed by atoms with Crippen LogP contribution in [-0.2, 0) is 6.42 Å². The molecule has 0 radical (unpaired) electrons. The lowest BCUT2D eigenvalue weighted by Crippen LogP contribution is -2.68. The monoisotopic (exact) mass is 330 g/mol. The minimum Gasteiger partial charge on any atom is -0.320 e. The number of rotatable bonds is 9. The Bertz CT molecular complexity index is 465. The number of nitrogens with one attached hydrogen (secondary N) is 1. The molecule has 3 aliphatic heterocycles. The number of hydrogen-bond donors (Lipinski definition) is 1. The maximum absolute atomic E-state index is 3.66. The third-order valence-corrected chi connectivity index (χ3v) is 6.10. The quantitative estimate of drug-likeness (QED) is 0.553. The first kappa shape index (κ1) is 17.9. The SMILES string of the molecule is CC(CNCCc1ccccc1)CC(C)C[N+]12CCN(CC1)CC2. The van der Waals surface area contributed by atoms with Crippen molar-refractivity contribution < 1.29 is 4.48 Å². The fraction of sp³-hybridized carbons (Fsp3) is 0.714. The molecular formula is C21H36N3+. The predicted octanol–water partition coefficient (Wildman–Crippen LogP) is 2.63. The Hall–Kier alpha value is -0.900. The molecule has 2 unspecified atom stereocenters. The lowest BCUT2D eigenvalue weighted by atomic mass is 9.94. The van der Waals surface area contributed by atoms with Crippen LogP contribution in [0.25, 0.3) is 0 Å². The maximum atomic E-state index is 3.66. The average molecular weight is 331 g/mol. The molecule has 0 spiro atoms. The van der Waals surface area contributed by atoms with Gasteiger partial charge in [0, 0.05) is 25.6 Å². The Balaban J connectivity index is 1.32. The second-order valence-electron chi connectivity index (χ2n) is 8.42. The van der Waals surface area contributed by atoms with Crippen molar-refractivity contribution in [2.75, 3.05) is 58.9 Å². The number of piperazine rings is 3. The summed E-state index contributed by atoms with van der Waals surface area (Å²) in [4.78, 5) is 2.64. The second-order valence-corrected chi connectivity index (χ2v) is 8.42. The van der Waals surface area contributed by atoms with Gasteiger partial charge in [-0.25, -0.2) is 0 Å². The smallest absolute Gasteiger partial charge is 0.0916 e. The zero-order chi connectivity index (χ0) is 16.8. The van der Waals surface area contributed by atoms with Crippen molar-refractivity contribution in [3.8, 4) is 0 Å². The molecule has 3 saturated heterocycles. The first-order chi connectivity index (χ1) is 11.7. The van der Waals surface area contributed by atoms with Crippen LogP contribution in [0.3, 0.4) is 0 Å². The van der Waals surface area contributed by atoms with Crippen LogP contribution in [0, 0.1) is 11.8 Å². The van der Waals surface area contributed by atoms with Gasteiger partial charge in [0.1, 0.15) is 0 Å². The van der Waals surface area contributed by atoms with Gasteiger partial charge in [0.25, 0.3) is 0 Å². The van der Waals surface area contributed by atoms with Crippen LogP contribution in [0.5, 0.6) is 0 Å². The molecule has 3 aliphatic rings. The van der Waals surface area contributed by atoms with Crippen LogP contribution < -0.4 is 5.32 Å². The standard InChI is InChI=1S/C21H36N3/c1-19(17-22-9-8-21-6-4-3-5-7-21)16-20(2)18-24-13-10-23(11-14-24)12-15-24/h3-7,19-20,22H,8-18H2,1-2H3/q+1. The summed E-state index contributed by atoms with van der Waals surface area (Å²) in [6.07, 6.45) is 2.50. The molecule has 3 heteroatoms. The van der Waals surface area contributed by atoms with Crippen molar-refractivity contribution in [2.45, 2.75) is 26.7 Å². The third-order valence-electron chi connectivity index (χ3n) is 6.10. The van der Waals surface area contributed by atoms with E-state index in [0.29, 0.717) is 0 Å². The Morgan fingerprint density at radius 1 is 1.00 bits per heavy atom. The first-order valence-corrected chi connectivity index (χ1v) is 9.97. The predicted molar refractivity (Wildman–Crippen MR) is 102 cm³/mol. The zero-order valence-corrected chi connectivity index (χ0v) is 15.7. The second kappa shape index (κ2) is 8.46. The zero-order valence-electron chi connectivity index (χ0n) is 15.7. The minimum atomic E-state index is 0.778. The molecule has 24 heavy (non-hydrogen) atoms. The lowest BCUT2D eigenvalue weighted by Gasteiger charge is -2.51. The highest BCUT2D eigenvalue weighted by atomic mass is 15.5. The molecule has 3 fully saturated rings. The van der Waals surface area contributed by atoms with Crippen LogP contribution in [0.2, 0.25) is 0 Å². The summed E-state index contributed by atoms with van der Waals surface area (Å²) >= 11 is 0. The van der Waals surface area contributed by atoms with E-state index >= 15 is 0 Å². The molecule has 2 atom stereocenters. The summed E-state index contributed by atoms with van der Waals surface area (Å²) in [5.41, 5.74) is 1.44. The van der Waals surface area contributed by atoms with Gasteiger partial charge < -0.3 is 9.80 Å². The minimum absolute atomic E-state index is 0.778. The Labute approximate surface area is 148 Å². The number of nitrogens with zero attached hydrogens (tertiary/aromatic N) is 2. The van der Waals surface area contributed by atoms with Gasteiger partial charge in [-0.3, -0.25) is 4.90 Å². The summed E-state index contributed by atoms with van der Waals surface area (Å²) in [5.74, 6) is 1.63. The molecule has 0 aromatic heterocycles. The fourth-order valence-electron chi connectivity index (χ4n) is 4.74. The summed E-state index contributed by atoms with van der Waals surface area (Å²) in [5, 5.41) is 3.66. The van der Waals surface area contributed by atoms with Crippen molar-refractivity contribution in [1.29, 1.82) is 0 Å². The van der Waals surface area contributed by atoms with Gasteiger partial charge in [-0.05, 0) is 37.4 Å². The maximum Gasteiger partial charge on any atom is 0.0916 e. The van der Waals surface area contributed by atoms with E-state index in [-0.39, 0.29) is 0 Å². The van der Waals surface area contributed by atoms with E-state index in [1.807, 2.05) is 0 Å². The van der Waals surface area contributed by atoms with E-state index in [1.165, 1.54) is 62.3 Å². The van der Waals surface area contributed by atoms with E-state index in [0.717, 1.165) is 31.3 Å². The highest BCUT2D eigenvalue weighted by Gasteiger charge is 2.39. The molecule has 134 valence electrons. The number of benzene rings is 1. The van der Waals surface area contributed by atoms with Crippen molar-refractivity contribution in [3.05, 3.63) is 35.9 Å². The van der Waals surface area contributed by atoms with Gasteiger partial charge in [0.05, 0.1) is 26.2 Å². The van der Waals surface area contributed by atoms with Crippen molar-refractivity contribution in [2.24, 2.45) is 11.8 Å².